The molecule has 0 aliphatic carbocycles. The smallest absolute Gasteiger partial charge is 0.254 e. The van der Waals surface area contributed by atoms with Crippen molar-refractivity contribution < 1.29 is 18.7 Å². The Morgan fingerprint density at radius 3 is 2.46 bits per heavy atom. The molecule has 3 aromatic carbocycles. The predicted molar refractivity (Wildman–Crippen MR) is 156 cm³/mol. The van der Waals surface area contributed by atoms with Crippen molar-refractivity contribution in [3.8, 4) is 11.5 Å². The number of nitrogens with one attached hydrogen (secondary N) is 1. The number of ether oxygens (including phenoxy) is 2. The highest BCUT2D eigenvalue weighted by atomic mass is 19.1. The SMILES string of the molecule is COc1ccc(C2C(C(=O)N3CCN(c4ccc(F)cc4)CC3)=C(C)Nc3ccnn32)cc1OCc1ccccc1. The minimum absolute atomic E-state index is 0.0394. The Morgan fingerprint density at radius 1 is 0.976 bits per heavy atom. The first-order chi connectivity index (χ1) is 20.0. The van der Waals surface area contributed by atoms with Crippen LogP contribution in [0.15, 0.2) is 96.3 Å². The molecule has 210 valence electrons. The molecule has 6 rings (SSSR count). The fourth-order valence-corrected chi connectivity index (χ4v) is 5.49. The van der Waals surface area contributed by atoms with Gasteiger partial charge in [-0.25, -0.2) is 9.07 Å². The van der Waals surface area contributed by atoms with Crippen LogP contribution in [0.25, 0.3) is 0 Å². The van der Waals surface area contributed by atoms with Gasteiger partial charge in [-0.05, 0) is 54.4 Å². The van der Waals surface area contributed by atoms with Crippen LogP contribution in [0.1, 0.15) is 24.1 Å². The highest BCUT2D eigenvalue weighted by Gasteiger charge is 2.36. The van der Waals surface area contributed by atoms with E-state index in [2.05, 4.69) is 15.3 Å². The van der Waals surface area contributed by atoms with Crippen LogP contribution in [0.5, 0.6) is 11.5 Å². The number of methoxy groups -OCH3 is 1. The van der Waals surface area contributed by atoms with Gasteiger partial charge in [0, 0.05) is 43.6 Å². The largest absolute Gasteiger partial charge is 0.493 e. The molecule has 0 saturated carbocycles. The molecule has 0 spiro atoms. The maximum Gasteiger partial charge on any atom is 0.254 e. The number of carbonyl (C=O) groups is 1. The van der Waals surface area contributed by atoms with E-state index < -0.39 is 6.04 Å². The monoisotopic (exact) mass is 553 g/mol. The number of rotatable bonds is 7. The summed E-state index contributed by atoms with van der Waals surface area (Å²) >= 11 is 0. The number of piperazine rings is 1. The number of allylic oxidation sites excluding steroid dienone is 1. The zero-order valence-corrected chi connectivity index (χ0v) is 23.1. The highest BCUT2D eigenvalue weighted by molar-refractivity contribution is 5.97. The topological polar surface area (TPSA) is 71.9 Å². The zero-order chi connectivity index (χ0) is 28.3. The standard InChI is InChI=1S/C32H32FN5O3/c1-22-30(32(39)37-18-16-36(17-19-37)26-11-9-25(33)10-12-26)31(38-29(35-22)14-15-34-38)24-8-13-27(40-2)28(20-24)41-21-23-6-4-3-5-7-23/h3-15,20,31,35H,16-19,21H2,1-2H3. The summed E-state index contributed by atoms with van der Waals surface area (Å²) in [7, 11) is 1.62. The molecule has 2 aliphatic rings. The van der Waals surface area contributed by atoms with Gasteiger partial charge in [0.15, 0.2) is 11.5 Å². The third-order valence-corrected chi connectivity index (χ3v) is 7.64. The molecule has 3 heterocycles. The number of amides is 1. The van der Waals surface area contributed by atoms with E-state index in [4.69, 9.17) is 9.47 Å². The van der Waals surface area contributed by atoms with Crippen molar-refractivity contribution in [1.29, 1.82) is 0 Å². The molecule has 1 saturated heterocycles. The van der Waals surface area contributed by atoms with Gasteiger partial charge < -0.3 is 24.6 Å². The first-order valence-corrected chi connectivity index (χ1v) is 13.7. The summed E-state index contributed by atoms with van der Waals surface area (Å²) in [6.45, 7) is 4.75. The Balaban J connectivity index is 1.28. The zero-order valence-electron chi connectivity index (χ0n) is 23.1. The summed E-state index contributed by atoms with van der Waals surface area (Å²) in [5, 5.41) is 7.95. The van der Waals surface area contributed by atoms with Gasteiger partial charge in [0.25, 0.3) is 5.91 Å². The Hall–Kier alpha value is -4.79. The molecule has 1 amide bonds. The number of nitrogens with zero attached hydrogens (tertiary/aromatic N) is 4. The normalized spacial score (nSPS) is 16.7. The first kappa shape index (κ1) is 26.4. The lowest BCUT2D eigenvalue weighted by atomic mass is 9.93. The van der Waals surface area contributed by atoms with E-state index in [-0.39, 0.29) is 11.7 Å². The number of fused-ring (bicyclic) bond motifs is 1. The summed E-state index contributed by atoms with van der Waals surface area (Å²) in [6, 6.07) is 23.7. The highest BCUT2D eigenvalue weighted by Crippen LogP contribution is 2.40. The maximum absolute atomic E-state index is 14.1. The number of anilines is 2. The second-order valence-electron chi connectivity index (χ2n) is 10.2. The molecular formula is C32H32FN5O3. The van der Waals surface area contributed by atoms with Gasteiger partial charge in [0.1, 0.15) is 24.3 Å². The van der Waals surface area contributed by atoms with E-state index in [0.717, 1.165) is 28.3 Å². The van der Waals surface area contributed by atoms with Crippen LogP contribution in [0.3, 0.4) is 0 Å². The van der Waals surface area contributed by atoms with Crippen LogP contribution in [-0.4, -0.2) is 53.9 Å². The number of carbonyl (C=O) groups excluding carboxylic acids is 1. The van der Waals surface area contributed by atoms with Crippen LogP contribution in [0.4, 0.5) is 15.9 Å². The predicted octanol–water partition coefficient (Wildman–Crippen LogP) is 5.25. The summed E-state index contributed by atoms with van der Waals surface area (Å²) < 4.78 is 27.1. The summed E-state index contributed by atoms with van der Waals surface area (Å²) in [5.41, 5.74) is 4.29. The fraction of sp³-hybridized carbons (Fsp3) is 0.250. The number of benzene rings is 3. The molecule has 2 aliphatic heterocycles. The molecule has 1 N–H and O–H groups in total. The number of halogens is 1. The Kier molecular flexibility index (Phi) is 7.33. The summed E-state index contributed by atoms with van der Waals surface area (Å²) in [6.07, 6.45) is 1.73. The van der Waals surface area contributed by atoms with Crippen LogP contribution in [0, 0.1) is 5.82 Å². The average molecular weight is 554 g/mol. The molecule has 1 atom stereocenters. The van der Waals surface area contributed by atoms with Gasteiger partial charge in [-0.15, -0.1) is 0 Å². The molecule has 0 radical (unpaired) electrons. The summed E-state index contributed by atoms with van der Waals surface area (Å²) in [4.78, 5) is 18.2. The lowest BCUT2D eigenvalue weighted by Gasteiger charge is -2.38. The van der Waals surface area contributed by atoms with E-state index in [1.807, 2.05) is 71.1 Å². The van der Waals surface area contributed by atoms with Crippen molar-refractivity contribution in [2.75, 3.05) is 43.5 Å². The van der Waals surface area contributed by atoms with Crippen molar-refractivity contribution in [3.63, 3.8) is 0 Å². The quantitative estimate of drug-likeness (QED) is 0.337. The van der Waals surface area contributed by atoms with Gasteiger partial charge in [-0.1, -0.05) is 36.4 Å². The molecule has 41 heavy (non-hydrogen) atoms. The molecule has 4 aromatic rings. The van der Waals surface area contributed by atoms with Gasteiger partial charge in [0.2, 0.25) is 0 Å². The van der Waals surface area contributed by atoms with Gasteiger partial charge in [-0.2, -0.15) is 5.10 Å². The van der Waals surface area contributed by atoms with Crippen LogP contribution >= 0.6 is 0 Å². The third-order valence-electron chi connectivity index (χ3n) is 7.64. The van der Waals surface area contributed by atoms with Crippen molar-refractivity contribution in [2.24, 2.45) is 0 Å². The van der Waals surface area contributed by atoms with Gasteiger partial charge in [-0.3, -0.25) is 4.79 Å². The molecule has 1 aromatic heterocycles. The van der Waals surface area contributed by atoms with Gasteiger partial charge in [0.05, 0.1) is 18.9 Å². The second-order valence-corrected chi connectivity index (χ2v) is 10.2. The van der Waals surface area contributed by atoms with E-state index in [1.165, 1.54) is 12.1 Å². The molecule has 1 fully saturated rings. The van der Waals surface area contributed by atoms with Crippen molar-refractivity contribution in [1.82, 2.24) is 14.7 Å². The van der Waals surface area contributed by atoms with Gasteiger partial charge >= 0.3 is 0 Å². The Morgan fingerprint density at radius 2 is 1.73 bits per heavy atom. The maximum atomic E-state index is 14.1. The first-order valence-electron chi connectivity index (χ1n) is 13.7. The molecule has 9 heteroatoms. The van der Waals surface area contributed by atoms with Crippen molar-refractivity contribution in [3.05, 3.63) is 113 Å². The van der Waals surface area contributed by atoms with E-state index in [1.54, 1.807) is 25.4 Å². The van der Waals surface area contributed by atoms with E-state index >= 15 is 0 Å². The number of hydrogen-bond acceptors (Lipinski definition) is 6. The molecular weight excluding hydrogens is 521 g/mol. The Bertz CT molecular complexity index is 1560. The Labute approximate surface area is 238 Å². The van der Waals surface area contributed by atoms with E-state index in [9.17, 15) is 9.18 Å². The van der Waals surface area contributed by atoms with Crippen molar-refractivity contribution in [2.45, 2.75) is 19.6 Å². The molecule has 8 nitrogen and oxygen atoms in total. The van der Waals surface area contributed by atoms with E-state index in [0.29, 0.717) is 49.9 Å². The van der Waals surface area contributed by atoms with Crippen LogP contribution in [-0.2, 0) is 11.4 Å². The minimum Gasteiger partial charge on any atom is -0.493 e. The minimum atomic E-state index is -0.450. The molecule has 1 unspecified atom stereocenters. The van der Waals surface area contributed by atoms with Crippen LogP contribution in [0.2, 0.25) is 0 Å². The number of hydrogen-bond donors (Lipinski definition) is 1. The third kappa shape index (κ3) is 5.35. The lowest BCUT2D eigenvalue weighted by molar-refractivity contribution is -0.128. The average Bonchev–Trinajstić information content (AvgIpc) is 3.48. The number of aromatic nitrogens is 2. The summed E-state index contributed by atoms with van der Waals surface area (Å²) in [5.74, 6) is 1.73. The lowest BCUT2D eigenvalue weighted by Crippen LogP contribution is -2.50. The van der Waals surface area contributed by atoms with Crippen LogP contribution < -0.4 is 19.7 Å². The fourth-order valence-electron chi connectivity index (χ4n) is 5.49. The van der Waals surface area contributed by atoms with Crippen molar-refractivity contribution >= 4 is 17.4 Å². The second kappa shape index (κ2) is 11.4. The molecule has 0 bridgehead atoms.